The molecule has 3 saturated heterocycles. The van der Waals surface area contributed by atoms with Crippen molar-refractivity contribution in [1.82, 2.24) is 46.4 Å². The van der Waals surface area contributed by atoms with Crippen molar-refractivity contribution < 1.29 is 130 Å². The van der Waals surface area contributed by atoms with Gasteiger partial charge >= 0.3 is 12.2 Å². The third kappa shape index (κ3) is 23.3. The Kier molecular flexibility index (Phi) is 31.5. The number of carbonyl (C=O) groups is 9. The number of methoxy groups -OCH3 is 1. The second-order valence-electron chi connectivity index (χ2n) is 25.6. The van der Waals surface area contributed by atoms with Crippen LogP contribution in [0.4, 0.5) is 9.59 Å². The van der Waals surface area contributed by atoms with Crippen molar-refractivity contribution in [2.45, 2.75) is 144 Å². The normalized spacial score (nSPS) is 23.1. The van der Waals surface area contributed by atoms with Gasteiger partial charge in [0, 0.05) is 87.8 Å². The van der Waals surface area contributed by atoms with Crippen molar-refractivity contribution in [3.63, 3.8) is 0 Å². The molecular weight excluding hydrogens is 1420 g/mol. The molecule has 0 saturated carbocycles. The number of aliphatic hydroxyl groups is 8. The molecule has 4 aromatic rings. The van der Waals surface area contributed by atoms with E-state index >= 15 is 9.59 Å². The van der Waals surface area contributed by atoms with Gasteiger partial charge in [-0.1, -0.05) is 62.0 Å². The lowest BCUT2D eigenvalue weighted by molar-refractivity contribution is -0.147. The number of hydrogen-bond acceptors (Lipinski definition) is 28. The molecule has 8 amide bonds. The number of amides is 8. The lowest BCUT2D eigenvalue weighted by atomic mass is 9.98. The van der Waals surface area contributed by atoms with Gasteiger partial charge in [-0.3, -0.25) is 47.2 Å². The number of aromatic nitrogens is 1. The fourth-order valence-corrected chi connectivity index (χ4v) is 12.4. The molecule has 3 aliphatic rings. The highest BCUT2D eigenvalue weighted by Gasteiger charge is 2.50. The summed E-state index contributed by atoms with van der Waals surface area (Å²) >= 11 is -4.93. The molecule has 0 radical (unpaired) electrons. The third-order valence-corrected chi connectivity index (χ3v) is 18.0. The van der Waals surface area contributed by atoms with Gasteiger partial charge < -0.3 is 115 Å². The minimum atomic E-state index is -4.93. The Labute approximate surface area is 610 Å². The molecule has 3 aromatic carbocycles. The number of hydrogen-bond donors (Lipinski definition) is 16. The Morgan fingerprint density at radius 1 is 0.736 bits per heavy atom. The molecule has 0 bridgehead atoms. The van der Waals surface area contributed by atoms with Crippen LogP contribution in [0, 0.1) is 5.92 Å². The summed E-state index contributed by atoms with van der Waals surface area (Å²) in [6, 6.07) is 3.93. The van der Waals surface area contributed by atoms with Crippen LogP contribution in [0.25, 0.3) is 22.6 Å². The first-order chi connectivity index (χ1) is 50.5. The van der Waals surface area contributed by atoms with E-state index in [0.717, 1.165) is 65.5 Å². The second-order valence-corrected chi connectivity index (χ2v) is 26.7. The molecule has 4 heterocycles. The first kappa shape index (κ1) is 83.9. The first-order valence-electron chi connectivity index (χ1n) is 34.0. The molecule has 1 unspecified atom stereocenters. The zero-order valence-electron chi connectivity index (χ0n) is 58.5. The lowest BCUT2D eigenvalue weighted by Gasteiger charge is -2.35. The molecule has 3 aliphatic heterocycles. The highest BCUT2D eigenvalue weighted by molar-refractivity contribution is 8.15. The maximum absolute atomic E-state index is 15.3. The van der Waals surface area contributed by atoms with E-state index in [9.17, 15) is 88.1 Å². The van der Waals surface area contributed by atoms with Crippen molar-refractivity contribution >= 4 is 64.8 Å². The number of benzene rings is 3. The Bertz CT molecular complexity index is 3650. The standard InChI is InChI=1S/C69H93N9O27S/c1-6-24-101-68(94)76(44(36-79)37-80)23-22-51(84)58-67(93)78-34-38(3)60(86)59(78)65(91)70-33-45(82)30-49(71-61(87)43-15-13-41(14-16-43)48-32-54(104-75-48)42-17-19-47(20-18-42)100-27-11-9-8-10-26-99-5)62(88)72-56(39(4)81)66(92)77-35-46(83)31-50(77)63(89)73-57(64(90)74-58)52(85)28-40-12-21-53(103-69(95)102-25-7-2)55(29-40)105-106(96,97)98/h6-7,12-21,29,32,38-39,44-46,49-52,56-60,79-86,96-98H,1-2,8-11,22-28,30-31,33-37H2,3-5H3,(H,70,91)(H,71,87)(H,72,88)(H,73,89)(H,74,90)/t38-,39+,45+,46+,49?,50-,51+,52+,56-,57-,58-,59-,60-/m0/s1. The van der Waals surface area contributed by atoms with Crippen LogP contribution < -0.4 is 40.2 Å². The van der Waals surface area contributed by atoms with E-state index in [0.29, 0.717) is 41.5 Å². The summed E-state index contributed by atoms with van der Waals surface area (Å²) < 4.78 is 66.3. The average Bonchev–Trinajstić information content (AvgIpc) is 1.62. The third-order valence-electron chi connectivity index (χ3n) is 17.6. The van der Waals surface area contributed by atoms with Gasteiger partial charge in [-0.25, -0.2) is 9.59 Å². The number of carbonyl (C=O) groups excluding carboxylic acids is 9. The van der Waals surface area contributed by atoms with Crippen LogP contribution in [0.3, 0.4) is 0 Å². The molecule has 106 heavy (non-hydrogen) atoms. The van der Waals surface area contributed by atoms with Crippen molar-refractivity contribution in [1.29, 1.82) is 0 Å². The Morgan fingerprint density at radius 2 is 1.38 bits per heavy atom. The summed E-state index contributed by atoms with van der Waals surface area (Å²) in [5.41, 5.74) is 1.34. The lowest BCUT2D eigenvalue weighted by Crippen LogP contribution is -2.64. The number of ether oxygens (including phenoxy) is 5. The van der Waals surface area contributed by atoms with Crippen molar-refractivity contribution in [2.75, 3.05) is 72.9 Å². The number of aliphatic hydroxyl groups excluding tert-OH is 8. The molecule has 1 aromatic heterocycles. The van der Waals surface area contributed by atoms with E-state index in [1.807, 2.05) is 12.1 Å². The summed E-state index contributed by atoms with van der Waals surface area (Å²) in [5.74, 6) is -10.1. The van der Waals surface area contributed by atoms with Crippen molar-refractivity contribution in [3.8, 4) is 39.8 Å². The van der Waals surface area contributed by atoms with Gasteiger partial charge in [-0.05, 0) is 86.7 Å². The summed E-state index contributed by atoms with van der Waals surface area (Å²) in [6.45, 7) is 5.55. The van der Waals surface area contributed by atoms with Gasteiger partial charge in [0.05, 0.1) is 62.5 Å². The number of nitrogens with one attached hydrogen (secondary N) is 5. The number of rotatable bonds is 30. The fraction of sp³-hybridized carbons (Fsp3) is 0.507. The van der Waals surface area contributed by atoms with E-state index in [4.69, 9.17) is 32.4 Å². The Morgan fingerprint density at radius 3 is 2.03 bits per heavy atom. The zero-order valence-corrected chi connectivity index (χ0v) is 59.3. The predicted molar refractivity (Wildman–Crippen MR) is 374 cm³/mol. The van der Waals surface area contributed by atoms with Crippen molar-refractivity contribution in [3.05, 3.63) is 109 Å². The molecule has 0 spiro atoms. The number of nitrogens with zero attached hydrogens (tertiary/aromatic N) is 4. The van der Waals surface area contributed by atoms with E-state index in [-0.39, 0.29) is 24.3 Å². The minimum absolute atomic E-state index is 0.0529. The largest absolute Gasteiger partial charge is 0.514 e. The van der Waals surface area contributed by atoms with E-state index in [1.165, 1.54) is 43.3 Å². The van der Waals surface area contributed by atoms with Gasteiger partial charge in [0.1, 0.15) is 60.9 Å². The van der Waals surface area contributed by atoms with Gasteiger partial charge in [-0.15, -0.1) is 0 Å². The van der Waals surface area contributed by atoms with Crippen LogP contribution in [0.1, 0.15) is 74.7 Å². The van der Waals surface area contributed by atoms with Gasteiger partial charge in [-0.2, -0.15) is 0 Å². The van der Waals surface area contributed by atoms with E-state index in [1.54, 1.807) is 25.3 Å². The summed E-state index contributed by atoms with van der Waals surface area (Å²) in [7, 11) is 1.67. The maximum Gasteiger partial charge on any atom is 0.514 e. The molecule has 0 aliphatic carbocycles. The van der Waals surface area contributed by atoms with Crippen LogP contribution in [0.5, 0.6) is 17.2 Å². The average molecular weight is 1510 g/mol. The fourth-order valence-electron chi connectivity index (χ4n) is 12.0. The Hall–Kier alpha value is -9.35. The topological polar surface area (TPSA) is 527 Å². The highest BCUT2D eigenvalue weighted by atomic mass is 32.3. The maximum atomic E-state index is 15.3. The number of β-amino-alcohol motifs (C(OH)–C–C–N with tert-alkyl or cyclic N) is 1. The SMILES string of the molecule is C=CCOC(=O)Oc1ccc(C[C@@H](O)[C@@H]2NC(=O)[C@@H]3C[C@@H](O)CN3C(=O)[C@H]([C@@H](C)O)NC(=O)C(NC(=O)c3ccc(-c4cc(-c5ccc(OCCCCCCOC)cc5)on4)cc3)C[C@@H](O)CNC(=O)[C@@H]3[C@@H](O)[C@@H](C)CN3C(=O)[C@H]([C@H](O)CCN(C(=O)OCC=C)C(CO)CO)NC2=O)cc1OS(O)(O)O. The highest BCUT2D eigenvalue weighted by Crippen LogP contribution is 2.42. The molecule has 37 heteroatoms. The van der Waals surface area contributed by atoms with Crippen LogP contribution >= 0.6 is 11.2 Å². The van der Waals surface area contributed by atoms with Crippen LogP contribution in [-0.4, -0.2) is 280 Å². The molecule has 16 N–H and O–H groups in total. The summed E-state index contributed by atoms with van der Waals surface area (Å²) in [5, 5.41) is 107. The zero-order chi connectivity index (χ0) is 77.5. The van der Waals surface area contributed by atoms with Crippen LogP contribution in [0.15, 0.2) is 103 Å². The summed E-state index contributed by atoms with van der Waals surface area (Å²) in [6.07, 6.45) is -10.7. The van der Waals surface area contributed by atoms with E-state index < -0.39 is 226 Å². The van der Waals surface area contributed by atoms with Crippen molar-refractivity contribution in [2.24, 2.45) is 5.92 Å². The minimum Gasteiger partial charge on any atom is -0.494 e. The smallest absolute Gasteiger partial charge is 0.494 e. The molecule has 36 nitrogen and oxygen atoms in total. The molecule has 7 rings (SSSR count). The molecule has 13 atom stereocenters. The van der Waals surface area contributed by atoms with Crippen LogP contribution in [-0.2, 0) is 49.4 Å². The molecule has 582 valence electrons. The second kappa shape index (κ2) is 39.8. The predicted octanol–water partition coefficient (Wildman–Crippen LogP) is 0.129. The number of unbranched alkanes of at least 4 members (excludes halogenated alkanes) is 3. The van der Waals surface area contributed by atoms with Gasteiger partial charge in [0.25, 0.3) is 17.1 Å². The Balaban J connectivity index is 1.23. The van der Waals surface area contributed by atoms with Gasteiger partial charge in [0.2, 0.25) is 35.4 Å². The monoisotopic (exact) mass is 1510 g/mol. The molecule has 3 fully saturated rings. The molecular formula is C69H93N9O27S. The first-order valence-corrected chi connectivity index (χ1v) is 35.5. The summed E-state index contributed by atoms with van der Waals surface area (Å²) in [4.78, 5) is 132. The van der Waals surface area contributed by atoms with E-state index in [2.05, 4.69) is 44.9 Å². The quantitative estimate of drug-likeness (QED) is 0.0143. The number of fused-ring (bicyclic) bond motifs is 2. The van der Waals surface area contributed by atoms with Gasteiger partial charge in [0.15, 0.2) is 17.3 Å². The van der Waals surface area contributed by atoms with Crippen LogP contribution in [0.2, 0.25) is 0 Å².